The van der Waals surface area contributed by atoms with Crippen LogP contribution in [-0.2, 0) is 19.2 Å². The Morgan fingerprint density at radius 2 is 1.54 bits per heavy atom. The zero-order valence-corrected chi connectivity index (χ0v) is 15.8. The van der Waals surface area contributed by atoms with Gasteiger partial charge in [0, 0.05) is 6.54 Å². The van der Waals surface area contributed by atoms with Gasteiger partial charge in [-0.25, -0.2) is 4.79 Å². The van der Waals surface area contributed by atoms with Gasteiger partial charge in [0.2, 0.25) is 17.7 Å². The number of carboxylic acids is 1. The van der Waals surface area contributed by atoms with Crippen LogP contribution in [0.15, 0.2) is 4.99 Å². The van der Waals surface area contributed by atoms with Crippen LogP contribution in [0, 0.1) is 0 Å². The van der Waals surface area contributed by atoms with Gasteiger partial charge in [0.15, 0.2) is 5.96 Å². The molecule has 0 aliphatic heterocycles. The molecule has 0 unspecified atom stereocenters. The van der Waals surface area contributed by atoms with Crippen LogP contribution < -0.4 is 33.2 Å². The van der Waals surface area contributed by atoms with Crippen molar-refractivity contribution in [1.82, 2.24) is 16.0 Å². The third-order valence-electron chi connectivity index (χ3n) is 3.54. The van der Waals surface area contributed by atoms with Crippen LogP contribution in [-0.4, -0.2) is 77.2 Å². The minimum Gasteiger partial charge on any atom is -0.480 e. The molecule has 0 aromatic rings. The number of aliphatic carboxylic acids is 1. The van der Waals surface area contributed by atoms with Crippen LogP contribution in [0.4, 0.5) is 0 Å². The van der Waals surface area contributed by atoms with Crippen molar-refractivity contribution in [2.75, 3.05) is 13.2 Å². The second-order valence-electron chi connectivity index (χ2n) is 6.11. The molecular weight excluding hydrogens is 374 g/mol. The summed E-state index contributed by atoms with van der Waals surface area (Å²) in [6.07, 6.45) is 0.533. The molecule has 28 heavy (non-hydrogen) atoms. The first-order valence-corrected chi connectivity index (χ1v) is 8.55. The second-order valence-corrected chi connectivity index (χ2v) is 6.11. The molecule has 0 saturated heterocycles. The first-order valence-electron chi connectivity index (χ1n) is 8.55. The standard InChI is InChI=1S/C15H29N7O6/c1-7(16)11(24)21-9(4-3-5-19-15(17)18)13(26)20-8(2)12(25)22-10(6-23)14(27)28/h7-10,23H,3-6,16H2,1-2H3,(H,20,26)(H,21,24)(H,22,25)(H,27,28)(H4,17,18,19)/t7-,8-,9-,10-/m0/s1. The summed E-state index contributed by atoms with van der Waals surface area (Å²) in [7, 11) is 0. The van der Waals surface area contributed by atoms with Crippen molar-refractivity contribution in [3.05, 3.63) is 0 Å². The van der Waals surface area contributed by atoms with Gasteiger partial charge in [0.05, 0.1) is 12.6 Å². The molecular formula is C15H29N7O6. The fourth-order valence-corrected chi connectivity index (χ4v) is 1.94. The van der Waals surface area contributed by atoms with Gasteiger partial charge in [0.1, 0.15) is 18.1 Å². The number of nitrogens with zero attached hydrogens (tertiary/aromatic N) is 1. The Morgan fingerprint density at radius 3 is 2.00 bits per heavy atom. The van der Waals surface area contributed by atoms with Crippen LogP contribution in [0.2, 0.25) is 0 Å². The highest BCUT2D eigenvalue weighted by Gasteiger charge is 2.27. The molecule has 3 amide bonds. The smallest absolute Gasteiger partial charge is 0.328 e. The Labute approximate surface area is 162 Å². The molecule has 0 aliphatic carbocycles. The molecule has 0 fully saturated rings. The largest absolute Gasteiger partial charge is 0.480 e. The van der Waals surface area contributed by atoms with Crippen molar-refractivity contribution >= 4 is 29.7 Å². The summed E-state index contributed by atoms with van der Waals surface area (Å²) in [6, 6.07) is -4.47. The maximum absolute atomic E-state index is 12.4. The lowest BCUT2D eigenvalue weighted by atomic mass is 10.1. The van der Waals surface area contributed by atoms with E-state index in [1.807, 2.05) is 0 Å². The summed E-state index contributed by atoms with van der Waals surface area (Å²) < 4.78 is 0. The van der Waals surface area contributed by atoms with Crippen molar-refractivity contribution in [2.45, 2.75) is 50.9 Å². The average Bonchev–Trinajstić information content (AvgIpc) is 2.60. The maximum atomic E-state index is 12.4. The van der Waals surface area contributed by atoms with Crippen LogP contribution in [0.3, 0.4) is 0 Å². The SMILES string of the molecule is C[C@H](N)C(=O)N[C@@H](CCCN=C(N)N)C(=O)N[C@@H](C)C(=O)N[C@@H](CO)C(=O)O. The lowest BCUT2D eigenvalue weighted by Gasteiger charge is -2.22. The van der Waals surface area contributed by atoms with E-state index in [4.69, 9.17) is 27.4 Å². The quantitative estimate of drug-likeness (QED) is 0.0897. The second kappa shape index (κ2) is 12.5. The average molecular weight is 403 g/mol. The number of nitrogens with one attached hydrogen (secondary N) is 3. The molecule has 0 aliphatic rings. The molecule has 11 N–H and O–H groups in total. The molecule has 0 bridgehead atoms. The van der Waals surface area contributed by atoms with E-state index in [0.717, 1.165) is 0 Å². The number of rotatable bonds is 12. The number of hydrogen-bond acceptors (Lipinski definition) is 7. The van der Waals surface area contributed by atoms with Gasteiger partial charge in [-0.3, -0.25) is 19.4 Å². The molecule has 13 nitrogen and oxygen atoms in total. The number of carbonyl (C=O) groups excluding carboxylic acids is 3. The van der Waals surface area contributed by atoms with Crippen LogP contribution in [0.1, 0.15) is 26.7 Å². The highest BCUT2D eigenvalue weighted by atomic mass is 16.4. The lowest BCUT2D eigenvalue weighted by molar-refractivity contribution is -0.143. The molecule has 0 aromatic carbocycles. The van der Waals surface area contributed by atoms with E-state index in [0.29, 0.717) is 6.42 Å². The molecule has 4 atom stereocenters. The predicted molar refractivity (Wildman–Crippen MR) is 99.7 cm³/mol. The highest BCUT2D eigenvalue weighted by Crippen LogP contribution is 2.01. The number of nitrogens with two attached hydrogens (primary N) is 3. The minimum absolute atomic E-state index is 0.109. The number of carbonyl (C=O) groups is 4. The number of guanidine groups is 1. The van der Waals surface area contributed by atoms with Gasteiger partial charge in [0.25, 0.3) is 0 Å². The van der Waals surface area contributed by atoms with Gasteiger partial charge in [-0.05, 0) is 26.7 Å². The van der Waals surface area contributed by atoms with E-state index in [1.54, 1.807) is 0 Å². The minimum atomic E-state index is -1.50. The fraction of sp³-hybridized carbons (Fsp3) is 0.667. The van der Waals surface area contributed by atoms with Crippen LogP contribution in [0.5, 0.6) is 0 Å². The van der Waals surface area contributed by atoms with E-state index in [1.165, 1.54) is 13.8 Å². The first-order chi connectivity index (χ1) is 13.0. The molecule has 13 heteroatoms. The molecule has 0 rings (SSSR count). The van der Waals surface area contributed by atoms with Crippen LogP contribution >= 0.6 is 0 Å². The molecule has 0 aromatic heterocycles. The molecule has 160 valence electrons. The Bertz CT molecular complexity index is 591. The van der Waals surface area contributed by atoms with E-state index in [9.17, 15) is 19.2 Å². The topological polar surface area (TPSA) is 235 Å². The van der Waals surface area contributed by atoms with Gasteiger partial charge in [-0.2, -0.15) is 0 Å². The van der Waals surface area contributed by atoms with Gasteiger partial charge < -0.3 is 43.4 Å². The Balaban J connectivity index is 4.94. The number of aliphatic imine (C=N–C) groups is 1. The van der Waals surface area contributed by atoms with E-state index in [-0.39, 0.29) is 18.9 Å². The third-order valence-corrected chi connectivity index (χ3v) is 3.54. The van der Waals surface area contributed by atoms with Crippen molar-refractivity contribution in [3.8, 4) is 0 Å². The van der Waals surface area contributed by atoms with E-state index < -0.39 is 54.5 Å². The number of aliphatic hydroxyl groups excluding tert-OH is 1. The summed E-state index contributed by atoms with van der Waals surface area (Å²) in [6.45, 7) is 2.20. The lowest BCUT2D eigenvalue weighted by Crippen LogP contribution is -2.56. The Morgan fingerprint density at radius 1 is 0.964 bits per heavy atom. The maximum Gasteiger partial charge on any atom is 0.328 e. The van der Waals surface area contributed by atoms with Crippen molar-refractivity contribution in [2.24, 2.45) is 22.2 Å². The van der Waals surface area contributed by atoms with E-state index >= 15 is 0 Å². The molecule has 0 heterocycles. The normalized spacial score (nSPS) is 14.7. The first kappa shape index (κ1) is 25.1. The molecule has 0 spiro atoms. The predicted octanol–water partition coefficient (Wildman–Crippen LogP) is -4.06. The summed E-state index contributed by atoms with van der Waals surface area (Å²) >= 11 is 0. The summed E-state index contributed by atoms with van der Waals surface area (Å²) in [5.74, 6) is -3.57. The zero-order valence-electron chi connectivity index (χ0n) is 15.8. The number of aliphatic hydroxyl groups is 1. The zero-order chi connectivity index (χ0) is 21.9. The van der Waals surface area contributed by atoms with E-state index in [2.05, 4.69) is 20.9 Å². The highest BCUT2D eigenvalue weighted by molar-refractivity contribution is 5.93. The molecule has 0 saturated carbocycles. The van der Waals surface area contributed by atoms with Crippen LogP contribution in [0.25, 0.3) is 0 Å². The Hall–Kier alpha value is -2.93. The summed E-state index contributed by atoms with van der Waals surface area (Å²) in [5, 5.41) is 24.7. The monoisotopic (exact) mass is 403 g/mol. The van der Waals surface area contributed by atoms with Gasteiger partial charge in [-0.1, -0.05) is 0 Å². The molecule has 0 radical (unpaired) electrons. The van der Waals surface area contributed by atoms with Gasteiger partial charge in [-0.15, -0.1) is 0 Å². The summed E-state index contributed by atoms with van der Waals surface area (Å²) in [5.41, 5.74) is 15.9. The summed E-state index contributed by atoms with van der Waals surface area (Å²) in [4.78, 5) is 50.9. The van der Waals surface area contributed by atoms with Crippen molar-refractivity contribution in [3.63, 3.8) is 0 Å². The third kappa shape index (κ3) is 9.68. The number of hydrogen-bond donors (Lipinski definition) is 8. The number of carboxylic acid groups (broad SMARTS) is 1. The Kier molecular flexibility index (Phi) is 11.2. The van der Waals surface area contributed by atoms with Crippen molar-refractivity contribution in [1.29, 1.82) is 0 Å². The van der Waals surface area contributed by atoms with Crippen molar-refractivity contribution < 1.29 is 29.4 Å². The number of amides is 3. The fourth-order valence-electron chi connectivity index (χ4n) is 1.94. The van der Waals surface area contributed by atoms with Gasteiger partial charge >= 0.3 is 5.97 Å².